The standard InChI is InChI=1S/C19H32N2/c1-6-17(14(3)20-4)19(21-5)12-16-9-8-15-11-13(2)7-10-18(15)16/h7,10-11,14,16-17,19-21H,6,8-9,12H2,1-5H3. The summed E-state index contributed by atoms with van der Waals surface area (Å²) >= 11 is 0. The molecule has 1 aromatic carbocycles. The van der Waals surface area contributed by atoms with Crippen molar-refractivity contribution >= 4 is 0 Å². The first-order valence-electron chi connectivity index (χ1n) is 8.54. The van der Waals surface area contributed by atoms with E-state index in [2.05, 4.69) is 63.7 Å². The number of aryl methyl sites for hydroxylation is 2. The first-order chi connectivity index (χ1) is 10.1. The zero-order valence-corrected chi connectivity index (χ0v) is 14.4. The third kappa shape index (κ3) is 3.67. The van der Waals surface area contributed by atoms with Crippen LogP contribution in [0.5, 0.6) is 0 Å². The lowest BCUT2D eigenvalue weighted by molar-refractivity contribution is 0.267. The molecule has 2 nitrogen and oxygen atoms in total. The summed E-state index contributed by atoms with van der Waals surface area (Å²) in [6, 6.07) is 8.19. The van der Waals surface area contributed by atoms with E-state index in [4.69, 9.17) is 0 Å². The molecule has 1 aliphatic rings. The second-order valence-corrected chi connectivity index (χ2v) is 6.72. The van der Waals surface area contributed by atoms with Crippen LogP contribution >= 0.6 is 0 Å². The SMILES string of the molecule is CCC(C(C)NC)C(CC1CCc2cc(C)ccc21)NC. The third-order valence-electron chi connectivity index (χ3n) is 5.50. The van der Waals surface area contributed by atoms with Gasteiger partial charge in [0, 0.05) is 12.1 Å². The zero-order chi connectivity index (χ0) is 15.4. The molecular formula is C19H32N2. The predicted molar refractivity (Wildman–Crippen MR) is 92.0 cm³/mol. The van der Waals surface area contributed by atoms with Crippen LogP contribution in [0.4, 0.5) is 0 Å². The van der Waals surface area contributed by atoms with Gasteiger partial charge >= 0.3 is 0 Å². The van der Waals surface area contributed by atoms with Gasteiger partial charge in [-0.1, -0.05) is 37.1 Å². The molecule has 0 spiro atoms. The lowest BCUT2D eigenvalue weighted by Gasteiger charge is -2.32. The molecule has 0 saturated carbocycles. The van der Waals surface area contributed by atoms with Crippen molar-refractivity contribution in [3.8, 4) is 0 Å². The highest BCUT2D eigenvalue weighted by atomic mass is 14.9. The third-order valence-corrected chi connectivity index (χ3v) is 5.50. The maximum Gasteiger partial charge on any atom is 0.0113 e. The summed E-state index contributed by atoms with van der Waals surface area (Å²) in [4.78, 5) is 0. The van der Waals surface area contributed by atoms with Gasteiger partial charge in [-0.05, 0) is 70.2 Å². The molecule has 4 atom stereocenters. The molecule has 4 unspecified atom stereocenters. The topological polar surface area (TPSA) is 24.1 Å². The summed E-state index contributed by atoms with van der Waals surface area (Å²) in [7, 11) is 4.20. The Morgan fingerprint density at radius 1 is 1.24 bits per heavy atom. The van der Waals surface area contributed by atoms with Gasteiger partial charge in [0.05, 0.1) is 0 Å². The highest BCUT2D eigenvalue weighted by Crippen LogP contribution is 2.38. The van der Waals surface area contributed by atoms with Gasteiger partial charge in [0.1, 0.15) is 0 Å². The van der Waals surface area contributed by atoms with Crippen molar-refractivity contribution in [2.75, 3.05) is 14.1 Å². The average molecular weight is 288 g/mol. The van der Waals surface area contributed by atoms with Crippen LogP contribution < -0.4 is 10.6 Å². The molecule has 0 fully saturated rings. The van der Waals surface area contributed by atoms with Crippen molar-refractivity contribution in [2.24, 2.45) is 5.92 Å². The quantitative estimate of drug-likeness (QED) is 0.800. The molecule has 0 saturated heterocycles. The van der Waals surface area contributed by atoms with Crippen LogP contribution in [-0.2, 0) is 6.42 Å². The number of hydrogen-bond donors (Lipinski definition) is 2. The second kappa shape index (κ2) is 7.42. The molecule has 118 valence electrons. The number of benzene rings is 1. The van der Waals surface area contributed by atoms with Gasteiger partial charge < -0.3 is 10.6 Å². The van der Waals surface area contributed by atoms with Crippen LogP contribution in [0, 0.1) is 12.8 Å². The summed E-state index contributed by atoms with van der Waals surface area (Å²) in [5, 5.41) is 7.04. The summed E-state index contributed by atoms with van der Waals surface area (Å²) < 4.78 is 0. The first-order valence-corrected chi connectivity index (χ1v) is 8.54. The minimum atomic E-state index is 0.561. The Balaban J connectivity index is 2.10. The van der Waals surface area contributed by atoms with Crippen molar-refractivity contribution in [3.05, 3.63) is 34.9 Å². The van der Waals surface area contributed by atoms with Gasteiger partial charge in [-0.2, -0.15) is 0 Å². The van der Waals surface area contributed by atoms with Gasteiger partial charge in [0.25, 0.3) is 0 Å². The van der Waals surface area contributed by atoms with Crippen molar-refractivity contribution in [1.82, 2.24) is 10.6 Å². The second-order valence-electron chi connectivity index (χ2n) is 6.72. The highest BCUT2D eigenvalue weighted by molar-refractivity contribution is 5.38. The molecule has 0 amide bonds. The zero-order valence-electron chi connectivity index (χ0n) is 14.4. The molecule has 2 N–H and O–H groups in total. The largest absolute Gasteiger partial charge is 0.317 e. The van der Waals surface area contributed by atoms with Crippen LogP contribution in [-0.4, -0.2) is 26.2 Å². The molecule has 1 aliphatic carbocycles. The van der Waals surface area contributed by atoms with E-state index in [0.29, 0.717) is 18.0 Å². The minimum absolute atomic E-state index is 0.561. The van der Waals surface area contributed by atoms with Gasteiger partial charge in [-0.25, -0.2) is 0 Å². The van der Waals surface area contributed by atoms with Gasteiger partial charge in [-0.3, -0.25) is 0 Å². The molecule has 2 rings (SSSR count). The Hall–Kier alpha value is -0.860. The number of rotatable bonds is 7. The molecule has 0 radical (unpaired) electrons. The fraction of sp³-hybridized carbons (Fsp3) is 0.684. The van der Waals surface area contributed by atoms with E-state index in [1.165, 1.54) is 31.2 Å². The van der Waals surface area contributed by atoms with E-state index >= 15 is 0 Å². The average Bonchev–Trinajstić information content (AvgIpc) is 2.88. The maximum atomic E-state index is 3.60. The van der Waals surface area contributed by atoms with E-state index in [1.807, 2.05) is 0 Å². The molecule has 0 aliphatic heterocycles. The molecular weight excluding hydrogens is 256 g/mol. The van der Waals surface area contributed by atoms with E-state index in [1.54, 1.807) is 11.1 Å². The molecule has 0 heterocycles. The minimum Gasteiger partial charge on any atom is -0.317 e. The van der Waals surface area contributed by atoms with Crippen molar-refractivity contribution in [1.29, 1.82) is 0 Å². The Kier molecular flexibility index (Phi) is 5.83. The van der Waals surface area contributed by atoms with E-state index in [0.717, 1.165) is 5.92 Å². The number of nitrogens with one attached hydrogen (secondary N) is 2. The predicted octanol–water partition coefficient (Wildman–Crippen LogP) is 3.64. The van der Waals surface area contributed by atoms with Crippen LogP contribution in [0.3, 0.4) is 0 Å². The van der Waals surface area contributed by atoms with Crippen molar-refractivity contribution in [3.63, 3.8) is 0 Å². The molecule has 0 bridgehead atoms. The summed E-state index contributed by atoms with van der Waals surface area (Å²) in [5.74, 6) is 1.42. The van der Waals surface area contributed by atoms with Gasteiger partial charge in [0.15, 0.2) is 0 Å². The van der Waals surface area contributed by atoms with E-state index in [-0.39, 0.29) is 0 Å². The number of fused-ring (bicyclic) bond motifs is 1. The van der Waals surface area contributed by atoms with Gasteiger partial charge in [0.2, 0.25) is 0 Å². The van der Waals surface area contributed by atoms with Crippen molar-refractivity contribution < 1.29 is 0 Å². The smallest absolute Gasteiger partial charge is 0.0113 e. The lowest BCUT2D eigenvalue weighted by Crippen LogP contribution is -2.44. The Labute approximate surface area is 130 Å². The normalized spacial score (nSPS) is 21.9. The fourth-order valence-corrected chi connectivity index (χ4v) is 4.09. The van der Waals surface area contributed by atoms with Crippen LogP contribution in [0.15, 0.2) is 18.2 Å². The maximum absolute atomic E-state index is 3.60. The Morgan fingerprint density at radius 3 is 2.62 bits per heavy atom. The summed E-state index contributed by atoms with van der Waals surface area (Å²) in [6.07, 6.45) is 5.07. The molecule has 21 heavy (non-hydrogen) atoms. The first kappa shape index (κ1) is 16.5. The highest BCUT2D eigenvalue weighted by Gasteiger charge is 2.29. The monoisotopic (exact) mass is 288 g/mol. The Morgan fingerprint density at radius 2 is 2.00 bits per heavy atom. The lowest BCUT2D eigenvalue weighted by atomic mass is 9.83. The molecule has 0 aromatic heterocycles. The molecule has 1 aromatic rings. The fourth-order valence-electron chi connectivity index (χ4n) is 4.09. The summed E-state index contributed by atoms with van der Waals surface area (Å²) in [5.41, 5.74) is 4.59. The molecule has 2 heteroatoms. The summed E-state index contributed by atoms with van der Waals surface area (Å²) in [6.45, 7) is 6.82. The Bertz CT molecular complexity index is 455. The van der Waals surface area contributed by atoms with Crippen LogP contribution in [0.25, 0.3) is 0 Å². The van der Waals surface area contributed by atoms with Crippen LogP contribution in [0.1, 0.15) is 55.7 Å². The number of hydrogen-bond acceptors (Lipinski definition) is 2. The van der Waals surface area contributed by atoms with E-state index in [9.17, 15) is 0 Å². The van der Waals surface area contributed by atoms with Crippen LogP contribution in [0.2, 0.25) is 0 Å². The van der Waals surface area contributed by atoms with E-state index < -0.39 is 0 Å². The van der Waals surface area contributed by atoms with Gasteiger partial charge in [-0.15, -0.1) is 0 Å². The van der Waals surface area contributed by atoms with Crippen molar-refractivity contribution in [2.45, 2.75) is 64.5 Å².